The minimum absolute atomic E-state index is 0.0162. The van der Waals surface area contributed by atoms with Gasteiger partial charge in [0.1, 0.15) is 0 Å². The highest BCUT2D eigenvalue weighted by atomic mass is 32.1. The molecule has 1 fully saturated rings. The van der Waals surface area contributed by atoms with Crippen molar-refractivity contribution < 1.29 is 9.90 Å². The van der Waals surface area contributed by atoms with Crippen LogP contribution in [0.3, 0.4) is 0 Å². The van der Waals surface area contributed by atoms with Gasteiger partial charge < -0.3 is 10.4 Å². The first kappa shape index (κ1) is 14.5. The molecule has 1 atom stereocenters. The van der Waals surface area contributed by atoms with Crippen LogP contribution in [0, 0.1) is 13.8 Å². The van der Waals surface area contributed by atoms with E-state index in [-0.39, 0.29) is 18.4 Å². The second-order valence-corrected chi connectivity index (χ2v) is 7.23. The van der Waals surface area contributed by atoms with Gasteiger partial charge in [0.05, 0.1) is 18.1 Å². The van der Waals surface area contributed by atoms with E-state index in [4.69, 9.17) is 0 Å². The largest absolute Gasteiger partial charge is 0.389 e. The maximum atomic E-state index is 12.0. The number of aliphatic hydroxyl groups is 1. The number of aryl methyl sites for hydroxylation is 2. The van der Waals surface area contributed by atoms with E-state index in [2.05, 4.69) is 25.2 Å². The molecule has 19 heavy (non-hydrogen) atoms. The highest BCUT2D eigenvalue weighted by Crippen LogP contribution is 2.32. The molecule has 106 valence electrons. The highest BCUT2D eigenvalue weighted by molar-refractivity contribution is 7.12. The number of nitrogens with one attached hydrogen (secondary N) is 1. The summed E-state index contributed by atoms with van der Waals surface area (Å²) in [7, 11) is 0. The minimum Gasteiger partial charge on any atom is -0.389 e. The first-order valence-electron chi connectivity index (χ1n) is 6.98. The molecule has 4 heteroatoms. The number of thiophene rings is 1. The summed E-state index contributed by atoms with van der Waals surface area (Å²) in [6, 6.07) is 2.15. The highest BCUT2D eigenvalue weighted by Gasteiger charge is 2.33. The van der Waals surface area contributed by atoms with Gasteiger partial charge in [-0.2, -0.15) is 0 Å². The zero-order valence-corrected chi connectivity index (χ0v) is 12.8. The Morgan fingerprint density at radius 1 is 1.47 bits per heavy atom. The topological polar surface area (TPSA) is 49.3 Å². The predicted molar refractivity (Wildman–Crippen MR) is 78.4 cm³/mol. The van der Waals surface area contributed by atoms with Crippen molar-refractivity contribution in [3.8, 4) is 0 Å². The third kappa shape index (κ3) is 3.57. The third-order valence-corrected chi connectivity index (χ3v) is 4.93. The van der Waals surface area contributed by atoms with E-state index in [1.165, 1.54) is 15.3 Å². The van der Waals surface area contributed by atoms with Gasteiger partial charge in [-0.25, -0.2) is 0 Å². The van der Waals surface area contributed by atoms with E-state index < -0.39 is 5.60 Å². The molecule has 0 saturated heterocycles. The Bertz CT molecular complexity index is 461. The molecule has 1 aromatic heterocycles. The van der Waals surface area contributed by atoms with Crippen molar-refractivity contribution in [3.63, 3.8) is 0 Å². The van der Waals surface area contributed by atoms with E-state index in [0.717, 1.165) is 25.7 Å². The number of hydrogen-bond acceptors (Lipinski definition) is 3. The van der Waals surface area contributed by atoms with Crippen molar-refractivity contribution in [2.24, 2.45) is 0 Å². The number of carbonyl (C=O) groups is 1. The van der Waals surface area contributed by atoms with Gasteiger partial charge in [-0.1, -0.05) is 12.8 Å². The van der Waals surface area contributed by atoms with Crippen molar-refractivity contribution in [1.82, 2.24) is 5.32 Å². The Kier molecular flexibility index (Phi) is 4.31. The predicted octanol–water partition coefficient (Wildman–Crippen LogP) is 3.24. The zero-order valence-electron chi connectivity index (χ0n) is 12.0. The van der Waals surface area contributed by atoms with Crippen LogP contribution in [0.25, 0.3) is 0 Å². The lowest BCUT2D eigenvalue weighted by molar-refractivity contribution is -0.126. The molecule has 0 bridgehead atoms. The number of amides is 1. The van der Waals surface area contributed by atoms with Crippen LogP contribution in [-0.2, 0) is 4.79 Å². The van der Waals surface area contributed by atoms with Gasteiger partial charge in [-0.05, 0) is 45.2 Å². The summed E-state index contributed by atoms with van der Waals surface area (Å²) in [4.78, 5) is 14.6. The molecule has 2 N–H and O–H groups in total. The van der Waals surface area contributed by atoms with Gasteiger partial charge in [0.15, 0.2) is 0 Å². The lowest BCUT2D eigenvalue weighted by Crippen LogP contribution is -2.35. The smallest absolute Gasteiger partial charge is 0.223 e. The Morgan fingerprint density at radius 2 is 2.11 bits per heavy atom. The van der Waals surface area contributed by atoms with Gasteiger partial charge in [0.2, 0.25) is 5.91 Å². The van der Waals surface area contributed by atoms with Gasteiger partial charge in [-0.15, -0.1) is 11.3 Å². The Hall–Kier alpha value is -0.870. The van der Waals surface area contributed by atoms with Crippen LogP contribution in [-0.4, -0.2) is 16.6 Å². The fourth-order valence-corrected chi connectivity index (χ4v) is 3.98. The minimum atomic E-state index is -0.761. The molecule has 1 aliphatic rings. The lowest BCUT2D eigenvalue weighted by Gasteiger charge is -2.23. The second kappa shape index (κ2) is 5.63. The summed E-state index contributed by atoms with van der Waals surface area (Å²) in [5, 5.41) is 13.3. The molecule has 1 amide bonds. The molecule has 0 aliphatic heterocycles. The molecule has 2 rings (SSSR count). The molecular weight excluding hydrogens is 258 g/mol. The molecule has 0 radical (unpaired) electrons. The van der Waals surface area contributed by atoms with Crippen LogP contribution in [0.1, 0.15) is 60.4 Å². The summed E-state index contributed by atoms with van der Waals surface area (Å²) < 4.78 is 0. The summed E-state index contributed by atoms with van der Waals surface area (Å²) in [5.74, 6) is -0.0415. The Labute approximate surface area is 119 Å². The summed E-state index contributed by atoms with van der Waals surface area (Å²) in [6.07, 6.45) is 3.81. The van der Waals surface area contributed by atoms with E-state index in [9.17, 15) is 9.90 Å². The average molecular weight is 281 g/mol. The van der Waals surface area contributed by atoms with Gasteiger partial charge in [0, 0.05) is 9.75 Å². The third-order valence-electron chi connectivity index (χ3n) is 3.95. The van der Waals surface area contributed by atoms with E-state index in [0.29, 0.717) is 0 Å². The zero-order chi connectivity index (χ0) is 14.0. The van der Waals surface area contributed by atoms with Gasteiger partial charge in [0.25, 0.3) is 0 Å². The molecule has 3 nitrogen and oxygen atoms in total. The van der Waals surface area contributed by atoms with Crippen molar-refractivity contribution in [2.45, 2.75) is 64.5 Å². The van der Waals surface area contributed by atoms with Crippen molar-refractivity contribution >= 4 is 17.2 Å². The average Bonchev–Trinajstić information content (AvgIpc) is 2.84. The molecule has 0 spiro atoms. The van der Waals surface area contributed by atoms with Crippen LogP contribution in [0.5, 0.6) is 0 Å². The molecule has 1 aliphatic carbocycles. The molecular formula is C15H23NO2S. The first-order valence-corrected chi connectivity index (χ1v) is 7.80. The monoisotopic (exact) mass is 281 g/mol. The van der Waals surface area contributed by atoms with Crippen LogP contribution >= 0.6 is 11.3 Å². The summed E-state index contributed by atoms with van der Waals surface area (Å²) >= 11 is 1.76. The lowest BCUT2D eigenvalue weighted by atomic mass is 9.97. The van der Waals surface area contributed by atoms with E-state index in [1.54, 1.807) is 11.3 Å². The van der Waals surface area contributed by atoms with Crippen LogP contribution in [0.2, 0.25) is 0 Å². The SMILES string of the molecule is Cc1cc(C(C)NC(=O)CC2(O)CCCC2)c(C)s1. The quantitative estimate of drug-likeness (QED) is 0.890. The maximum Gasteiger partial charge on any atom is 0.223 e. The Balaban J connectivity index is 1.93. The number of carbonyl (C=O) groups excluding carboxylic acids is 1. The van der Waals surface area contributed by atoms with Crippen molar-refractivity contribution in [2.75, 3.05) is 0 Å². The standard InChI is InChI=1S/C15H23NO2S/c1-10-8-13(12(3)19-10)11(2)16-14(17)9-15(18)6-4-5-7-15/h8,11,18H,4-7,9H2,1-3H3,(H,16,17). The van der Waals surface area contributed by atoms with Crippen molar-refractivity contribution in [3.05, 3.63) is 21.4 Å². The fraction of sp³-hybridized carbons (Fsp3) is 0.667. The number of hydrogen-bond donors (Lipinski definition) is 2. The van der Waals surface area contributed by atoms with Crippen molar-refractivity contribution in [1.29, 1.82) is 0 Å². The molecule has 1 saturated carbocycles. The van der Waals surface area contributed by atoms with E-state index >= 15 is 0 Å². The van der Waals surface area contributed by atoms with Gasteiger partial charge in [-0.3, -0.25) is 4.79 Å². The molecule has 0 aromatic carbocycles. The molecule has 1 aromatic rings. The summed E-state index contributed by atoms with van der Waals surface area (Å²) in [6.45, 7) is 6.17. The van der Waals surface area contributed by atoms with Gasteiger partial charge >= 0.3 is 0 Å². The van der Waals surface area contributed by atoms with Crippen LogP contribution < -0.4 is 5.32 Å². The van der Waals surface area contributed by atoms with Crippen LogP contribution in [0.4, 0.5) is 0 Å². The fourth-order valence-electron chi connectivity index (χ4n) is 2.96. The van der Waals surface area contributed by atoms with E-state index in [1.807, 2.05) is 6.92 Å². The number of rotatable bonds is 4. The Morgan fingerprint density at radius 3 is 2.63 bits per heavy atom. The normalized spacial score (nSPS) is 19.4. The first-order chi connectivity index (χ1) is 8.89. The maximum absolute atomic E-state index is 12.0. The second-order valence-electron chi connectivity index (χ2n) is 5.77. The summed E-state index contributed by atoms with van der Waals surface area (Å²) in [5.41, 5.74) is 0.429. The molecule has 1 unspecified atom stereocenters. The van der Waals surface area contributed by atoms with Crippen LogP contribution in [0.15, 0.2) is 6.07 Å². The molecule has 1 heterocycles.